The van der Waals surface area contributed by atoms with Crippen LogP contribution in [0, 0.1) is 0 Å². The molecule has 0 aromatic rings. The highest BCUT2D eigenvalue weighted by atomic mass is 16.5. The summed E-state index contributed by atoms with van der Waals surface area (Å²) in [5.74, 6) is -0.245. The summed E-state index contributed by atoms with van der Waals surface area (Å²) in [4.78, 5) is 10.7. The molecule has 2 N–H and O–H groups in total. The molecule has 0 spiro atoms. The highest BCUT2D eigenvalue weighted by Crippen LogP contribution is 1.76. The van der Waals surface area contributed by atoms with Crippen LogP contribution in [0.5, 0.6) is 0 Å². The van der Waals surface area contributed by atoms with Gasteiger partial charge in [0.1, 0.15) is 0 Å². The summed E-state index contributed by atoms with van der Waals surface area (Å²) in [7, 11) is 0. The lowest BCUT2D eigenvalue weighted by atomic mass is 10.4. The van der Waals surface area contributed by atoms with Gasteiger partial charge >= 0.3 is 5.97 Å². The first-order valence-electron chi connectivity index (χ1n) is 3.78. The molecule has 0 rings (SSSR count). The molecule has 4 nitrogen and oxygen atoms in total. The zero-order valence-corrected chi connectivity index (χ0v) is 6.80. The van der Waals surface area contributed by atoms with Crippen LogP contribution >= 0.6 is 0 Å². The van der Waals surface area contributed by atoms with Gasteiger partial charge in [0.15, 0.2) is 0 Å². The van der Waals surface area contributed by atoms with Gasteiger partial charge < -0.3 is 15.2 Å². The van der Waals surface area contributed by atoms with E-state index in [1.54, 1.807) is 6.92 Å². The van der Waals surface area contributed by atoms with Gasteiger partial charge in [-0.05, 0) is 19.9 Å². The molecule has 11 heavy (non-hydrogen) atoms. The normalized spacial score (nSPS) is 9.64. The number of aliphatic hydroxyl groups excluding tert-OH is 1. The molecule has 0 unspecified atom stereocenters. The molecular formula is C7H15NO3. The predicted molar refractivity (Wildman–Crippen MR) is 41.2 cm³/mol. The Morgan fingerprint density at radius 1 is 1.64 bits per heavy atom. The van der Waals surface area contributed by atoms with Crippen LogP contribution in [0.1, 0.15) is 13.3 Å². The van der Waals surface area contributed by atoms with Gasteiger partial charge in [0.25, 0.3) is 0 Å². The minimum absolute atomic E-state index is 0.149. The van der Waals surface area contributed by atoms with E-state index >= 15 is 0 Å². The van der Waals surface area contributed by atoms with E-state index in [-0.39, 0.29) is 19.1 Å². The lowest BCUT2D eigenvalue weighted by Crippen LogP contribution is -2.25. The van der Waals surface area contributed by atoms with E-state index in [1.807, 2.05) is 0 Å². The zero-order chi connectivity index (χ0) is 8.53. The summed E-state index contributed by atoms with van der Waals surface area (Å²) in [6.07, 6.45) is 0.666. The van der Waals surface area contributed by atoms with Gasteiger partial charge in [0, 0.05) is 6.61 Å². The van der Waals surface area contributed by atoms with Crippen molar-refractivity contribution >= 4 is 5.97 Å². The Balaban J connectivity index is 3.04. The van der Waals surface area contributed by atoms with Gasteiger partial charge in [-0.2, -0.15) is 0 Å². The molecule has 0 aromatic heterocycles. The van der Waals surface area contributed by atoms with Crippen molar-refractivity contribution in [3.8, 4) is 0 Å². The number of hydrogen-bond donors (Lipinski definition) is 2. The highest BCUT2D eigenvalue weighted by molar-refractivity contribution is 5.71. The highest BCUT2D eigenvalue weighted by Gasteiger charge is 1.98. The number of ether oxygens (including phenoxy) is 1. The molecule has 0 amide bonds. The molecule has 0 saturated carbocycles. The fourth-order valence-electron chi connectivity index (χ4n) is 0.607. The second kappa shape index (κ2) is 7.50. The Bertz CT molecular complexity index is 106. The Morgan fingerprint density at radius 3 is 2.91 bits per heavy atom. The summed E-state index contributed by atoms with van der Waals surface area (Å²) in [5.41, 5.74) is 0. The molecule has 66 valence electrons. The maximum absolute atomic E-state index is 10.7. The Kier molecular flexibility index (Phi) is 7.08. The van der Waals surface area contributed by atoms with Crippen LogP contribution in [0.15, 0.2) is 0 Å². The van der Waals surface area contributed by atoms with Gasteiger partial charge in [0.05, 0.1) is 13.2 Å². The van der Waals surface area contributed by atoms with Crippen molar-refractivity contribution in [1.29, 1.82) is 0 Å². The van der Waals surface area contributed by atoms with Crippen LogP contribution in [0.25, 0.3) is 0 Å². The number of aliphatic hydroxyl groups is 1. The monoisotopic (exact) mass is 161 g/mol. The summed E-state index contributed by atoms with van der Waals surface area (Å²) in [6.45, 7) is 3.21. The number of hydrogen-bond acceptors (Lipinski definition) is 4. The van der Waals surface area contributed by atoms with Crippen LogP contribution in [0.4, 0.5) is 0 Å². The molecule has 0 bridgehead atoms. The lowest BCUT2D eigenvalue weighted by Gasteiger charge is -2.02. The Labute approximate surface area is 66.5 Å². The molecule has 0 fully saturated rings. The maximum atomic E-state index is 10.7. The molecule has 0 aliphatic heterocycles. The molecule has 0 radical (unpaired) electrons. The largest absolute Gasteiger partial charge is 0.465 e. The second-order valence-electron chi connectivity index (χ2n) is 2.06. The summed E-state index contributed by atoms with van der Waals surface area (Å²) < 4.78 is 4.66. The molecule has 0 heterocycles. The molecule has 0 aromatic carbocycles. The van der Waals surface area contributed by atoms with E-state index in [4.69, 9.17) is 5.11 Å². The summed E-state index contributed by atoms with van der Waals surface area (Å²) >= 11 is 0. The van der Waals surface area contributed by atoms with Gasteiger partial charge in [-0.1, -0.05) is 0 Å². The van der Waals surface area contributed by atoms with Crippen molar-refractivity contribution in [3.63, 3.8) is 0 Å². The third-order valence-corrected chi connectivity index (χ3v) is 1.09. The first-order valence-corrected chi connectivity index (χ1v) is 3.78. The van der Waals surface area contributed by atoms with Crippen molar-refractivity contribution < 1.29 is 14.6 Å². The molecule has 0 saturated heterocycles. The third-order valence-electron chi connectivity index (χ3n) is 1.09. The predicted octanol–water partition coefficient (Wildman–Crippen LogP) is -0.479. The van der Waals surface area contributed by atoms with Crippen LogP contribution < -0.4 is 5.32 Å². The van der Waals surface area contributed by atoms with Gasteiger partial charge in [0.2, 0.25) is 0 Å². The molecule has 4 heteroatoms. The van der Waals surface area contributed by atoms with E-state index in [9.17, 15) is 4.79 Å². The molecule has 0 aliphatic carbocycles. The standard InChI is InChI=1S/C7H15NO3/c1-2-11-7(10)6-8-4-3-5-9/h8-9H,2-6H2,1H3. The first-order chi connectivity index (χ1) is 5.31. The topological polar surface area (TPSA) is 58.6 Å². The van der Waals surface area contributed by atoms with E-state index in [1.165, 1.54) is 0 Å². The van der Waals surface area contributed by atoms with Gasteiger partial charge in [-0.3, -0.25) is 4.79 Å². The SMILES string of the molecule is CCOC(=O)CNCCCO. The smallest absolute Gasteiger partial charge is 0.319 e. The minimum atomic E-state index is -0.245. The number of carbonyl (C=O) groups excluding carboxylic acids is 1. The zero-order valence-electron chi connectivity index (χ0n) is 6.80. The number of rotatable bonds is 6. The van der Waals surface area contributed by atoms with Crippen molar-refractivity contribution in [2.45, 2.75) is 13.3 Å². The van der Waals surface area contributed by atoms with E-state index in [2.05, 4.69) is 10.1 Å². The Morgan fingerprint density at radius 2 is 2.36 bits per heavy atom. The quantitative estimate of drug-likeness (QED) is 0.408. The van der Waals surface area contributed by atoms with Crippen molar-refractivity contribution in [2.24, 2.45) is 0 Å². The van der Waals surface area contributed by atoms with Crippen molar-refractivity contribution in [3.05, 3.63) is 0 Å². The first kappa shape index (κ1) is 10.4. The number of carbonyl (C=O) groups is 1. The Hall–Kier alpha value is -0.610. The molecular weight excluding hydrogens is 146 g/mol. The number of nitrogens with one attached hydrogen (secondary N) is 1. The van der Waals surface area contributed by atoms with Crippen LogP contribution in [0.3, 0.4) is 0 Å². The van der Waals surface area contributed by atoms with Crippen LogP contribution in [0.2, 0.25) is 0 Å². The minimum Gasteiger partial charge on any atom is -0.465 e. The molecule has 0 atom stereocenters. The summed E-state index contributed by atoms with van der Waals surface area (Å²) in [5, 5.41) is 11.2. The fraction of sp³-hybridized carbons (Fsp3) is 0.857. The summed E-state index contributed by atoms with van der Waals surface area (Å²) in [6, 6.07) is 0. The maximum Gasteiger partial charge on any atom is 0.319 e. The second-order valence-corrected chi connectivity index (χ2v) is 2.06. The van der Waals surface area contributed by atoms with Gasteiger partial charge in [-0.25, -0.2) is 0 Å². The molecule has 0 aliphatic rings. The third kappa shape index (κ3) is 7.29. The fourth-order valence-corrected chi connectivity index (χ4v) is 0.607. The van der Waals surface area contributed by atoms with Crippen molar-refractivity contribution in [1.82, 2.24) is 5.32 Å². The average Bonchev–Trinajstić information content (AvgIpc) is 1.99. The van der Waals surface area contributed by atoms with Crippen molar-refractivity contribution in [2.75, 3.05) is 26.3 Å². The van der Waals surface area contributed by atoms with Crippen LogP contribution in [-0.2, 0) is 9.53 Å². The number of esters is 1. The average molecular weight is 161 g/mol. The van der Waals surface area contributed by atoms with Crippen LogP contribution in [-0.4, -0.2) is 37.4 Å². The van der Waals surface area contributed by atoms with E-state index < -0.39 is 0 Å². The van der Waals surface area contributed by atoms with E-state index in [0.29, 0.717) is 19.6 Å². The van der Waals surface area contributed by atoms with E-state index in [0.717, 1.165) is 0 Å². The van der Waals surface area contributed by atoms with Gasteiger partial charge in [-0.15, -0.1) is 0 Å². The lowest BCUT2D eigenvalue weighted by molar-refractivity contribution is -0.142.